The number of rotatable bonds is 4. The minimum Gasteiger partial charge on any atom is -0.495 e. The molecule has 0 unspecified atom stereocenters. The molecule has 3 N–H and O–H groups in total. The summed E-state index contributed by atoms with van der Waals surface area (Å²) in [7, 11) is 1.58. The van der Waals surface area contributed by atoms with Gasteiger partial charge >= 0.3 is 0 Å². The summed E-state index contributed by atoms with van der Waals surface area (Å²) >= 11 is 7.76. The van der Waals surface area contributed by atoms with Crippen LogP contribution in [0.4, 0.5) is 5.69 Å². The Morgan fingerprint density at radius 1 is 1.38 bits per heavy atom. The van der Waals surface area contributed by atoms with E-state index in [0.717, 1.165) is 5.69 Å². The van der Waals surface area contributed by atoms with Crippen LogP contribution in [-0.4, -0.2) is 13.1 Å². The van der Waals surface area contributed by atoms with E-state index < -0.39 is 0 Å². The molecule has 0 saturated carbocycles. The zero-order valence-electron chi connectivity index (χ0n) is 11.7. The van der Waals surface area contributed by atoms with E-state index in [1.807, 2.05) is 6.07 Å². The van der Waals surface area contributed by atoms with Crippen molar-refractivity contribution in [1.29, 1.82) is 0 Å². The van der Waals surface area contributed by atoms with E-state index >= 15 is 0 Å². The molecule has 2 rings (SSSR count). The van der Waals surface area contributed by atoms with Crippen molar-refractivity contribution in [1.82, 2.24) is 0 Å². The molecule has 0 spiro atoms. The van der Waals surface area contributed by atoms with Crippen LogP contribution in [0.1, 0.15) is 9.75 Å². The monoisotopic (exact) mass is 437 g/mol. The van der Waals surface area contributed by atoms with Crippen LogP contribution in [0.25, 0.3) is 0 Å². The highest BCUT2D eigenvalue weighted by Gasteiger charge is 2.02. The van der Waals surface area contributed by atoms with Gasteiger partial charge < -0.3 is 15.8 Å². The quantitative estimate of drug-likeness (QED) is 0.427. The first-order chi connectivity index (χ1) is 9.58. The van der Waals surface area contributed by atoms with Gasteiger partial charge in [-0.1, -0.05) is 11.6 Å². The first-order valence-electron chi connectivity index (χ1n) is 6.04. The van der Waals surface area contributed by atoms with Crippen molar-refractivity contribution in [3.63, 3.8) is 0 Å². The van der Waals surface area contributed by atoms with Crippen LogP contribution >= 0.6 is 46.9 Å². The van der Waals surface area contributed by atoms with Crippen molar-refractivity contribution in [2.45, 2.75) is 13.5 Å². The van der Waals surface area contributed by atoms with Crippen molar-refractivity contribution in [3.8, 4) is 5.75 Å². The fourth-order valence-electron chi connectivity index (χ4n) is 1.66. The predicted octanol–water partition coefficient (Wildman–Crippen LogP) is 4.26. The van der Waals surface area contributed by atoms with Gasteiger partial charge in [0.2, 0.25) is 0 Å². The largest absolute Gasteiger partial charge is 0.495 e. The molecule has 1 aromatic heterocycles. The van der Waals surface area contributed by atoms with Gasteiger partial charge in [-0.05, 0) is 37.3 Å². The maximum atomic E-state index is 6.04. The number of hydrogen-bond acceptors (Lipinski definition) is 3. The molecule has 0 atom stereocenters. The van der Waals surface area contributed by atoms with Crippen LogP contribution < -0.4 is 15.8 Å². The molecule has 1 aromatic carbocycles. The molecule has 4 nitrogen and oxygen atoms in total. The lowest BCUT2D eigenvalue weighted by atomic mass is 10.3. The third-order valence-corrected chi connectivity index (χ3v) is 3.91. The van der Waals surface area contributed by atoms with Gasteiger partial charge in [-0.25, -0.2) is 4.99 Å². The maximum Gasteiger partial charge on any atom is 0.193 e. The van der Waals surface area contributed by atoms with Crippen LogP contribution in [0.5, 0.6) is 5.75 Å². The molecule has 1 heterocycles. The third kappa shape index (κ3) is 5.37. The number of nitrogens with two attached hydrogens (primary N) is 1. The van der Waals surface area contributed by atoms with Crippen molar-refractivity contribution in [2.75, 3.05) is 12.4 Å². The summed E-state index contributed by atoms with van der Waals surface area (Å²) in [5, 5.41) is 3.53. The summed E-state index contributed by atoms with van der Waals surface area (Å²) in [5.41, 5.74) is 6.63. The van der Waals surface area contributed by atoms with Crippen molar-refractivity contribution >= 4 is 58.6 Å². The number of nitrogens with zero attached hydrogens (tertiary/aromatic N) is 1. The number of aryl methyl sites for hydroxylation is 1. The Bertz CT molecular complexity index is 630. The zero-order chi connectivity index (χ0) is 14.5. The molecular weight excluding hydrogens is 421 g/mol. The highest BCUT2D eigenvalue weighted by molar-refractivity contribution is 14.0. The molecule has 0 radical (unpaired) electrons. The van der Waals surface area contributed by atoms with Gasteiger partial charge in [0.1, 0.15) is 5.75 Å². The summed E-state index contributed by atoms with van der Waals surface area (Å²) < 4.78 is 5.09. The van der Waals surface area contributed by atoms with Crippen molar-refractivity contribution < 1.29 is 4.74 Å². The number of methoxy groups -OCH3 is 1. The van der Waals surface area contributed by atoms with Gasteiger partial charge in [0.25, 0.3) is 0 Å². The Morgan fingerprint density at radius 2 is 2.14 bits per heavy atom. The normalized spacial score (nSPS) is 10.9. The summed E-state index contributed by atoms with van der Waals surface area (Å²) in [6, 6.07) is 9.49. The molecule has 0 saturated heterocycles. The number of guanidine groups is 1. The number of nitrogens with one attached hydrogen (secondary N) is 1. The van der Waals surface area contributed by atoms with E-state index in [9.17, 15) is 0 Å². The van der Waals surface area contributed by atoms with Gasteiger partial charge in [0, 0.05) is 15.4 Å². The average Bonchev–Trinajstić information content (AvgIpc) is 2.82. The summed E-state index contributed by atoms with van der Waals surface area (Å²) in [4.78, 5) is 6.74. The average molecular weight is 438 g/mol. The Morgan fingerprint density at radius 3 is 2.71 bits per heavy atom. The number of anilines is 1. The first kappa shape index (κ1) is 18.1. The molecule has 7 heteroatoms. The third-order valence-electron chi connectivity index (χ3n) is 2.63. The standard InChI is InChI=1S/C14H16ClN3OS.HI/c1-9-3-5-11(20-9)8-17-14(16)18-10-4-6-13(19-2)12(15)7-10;/h3-7H,8H2,1-2H3,(H3,16,17,18);1H. The smallest absolute Gasteiger partial charge is 0.193 e. The van der Waals surface area contributed by atoms with Gasteiger partial charge in [-0.3, -0.25) is 0 Å². The van der Waals surface area contributed by atoms with Gasteiger partial charge in [-0.2, -0.15) is 0 Å². The lowest BCUT2D eigenvalue weighted by molar-refractivity contribution is 0.415. The van der Waals surface area contributed by atoms with E-state index in [2.05, 4.69) is 29.4 Å². The number of ether oxygens (including phenoxy) is 1. The molecule has 114 valence electrons. The molecule has 2 aromatic rings. The highest BCUT2D eigenvalue weighted by atomic mass is 127. The Labute approximate surface area is 150 Å². The minimum absolute atomic E-state index is 0. The number of halogens is 2. The maximum absolute atomic E-state index is 6.04. The number of benzene rings is 1. The second-order valence-electron chi connectivity index (χ2n) is 4.19. The van der Waals surface area contributed by atoms with Crippen LogP contribution in [0.3, 0.4) is 0 Å². The Balaban J connectivity index is 0.00000220. The second-order valence-corrected chi connectivity index (χ2v) is 5.97. The number of aliphatic imine (C=N–C) groups is 1. The molecule has 0 aliphatic heterocycles. The van der Waals surface area contributed by atoms with Gasteiger partial charge in [0.15, 0.2) is 5.96 Å². The van der Waals surface area contributed by atoms with E-state index in [1.54, 1.807) is 30.6 Å². The molecule has 0 aliphatic carbocycles. The van der Waals surface area contributed by atoms with Crippen molar-refractivity contribution in [3.05, 3.63) is 45.1 Å². The van der Waals surface area contributed by atoms with Crippen LogP contribution in [-0.2, 0) is 6.54 Å². The lowest BCUT2D eigenvalue weighted by Gasteiger charge is -2.08. The van der Waals surface area contributed by atoms with Crippen LogP contribution in [0.2, 0.25) is 5.02 Å². The summed E-state index contributed by atoms with van der Waals surface area (Å²) in [6.45, 7) is 2.64. The Hall–Kier alpha value is -0.990. The fourth-order valence-corrected chi connectivity index (χ4v) is 2.74. The molecule has 0 amide bonds. The first-order valence-corrected chi connectivity index (χ1v) is 7.23. The topological polar surface area (TPSA) is 59.6 Å². The molecular formula is C14H17ClIN3OS. The van der Waals surface area contributed by atoms with Crippen LogP contribution in [0.15, 0.2) is 35.3 Å². The Kier molecular flexibility index (Phi) is 7.27. The van der Waals surface area contributed by atoms with E-state index in [1.165, 1.54) is 9.75 Å². The lowest BCUT2D eigenvalue weighted by Crippen LogP contribution is -2.22. The fraction of sp³-hybridized carbons (Fsp3) is 0.214. The zero-order valence-corrected chi connectivity index (χ0v) is 15.6. The van der Waals surface area contributed by atoms with E-state index in [-0.39, 0.29) is 24.0 Å². The second kappa shape index (κ2) is 8.45. The van der Waals surface area contributed by atoms with E-state index in [0.29, 0.717) is 23.3 Å². The van der Waals surface area contributed by atoms with Crippen LogP contribution in [0, 0.1) is 6.92 Å². The van der Waals surface area contributed by atoms with E-state index in [4.69, 9.17) is 22.1 Å². The van der Waals surface area contributed by atoms with Gasteiger partial charge in [-0.15, -0.1) is 35.3 Å². The van der Waals surface area contributed by atoms with Crippen molar-refractivity contribution in [2.24, 2.45) is 10.7 Å². The molecule has 0 bridgehead atoms. The highest BCUT2D eigenvalue weighted by Crippen LogP contribution is 2.27. The molecule has 0 fully saturated rings. The number of hydrogen-bond donors (Lipinski definition) is 2. The predicted molar refractivity (Wildman–Crippen MR) is 101 cm³/mol. The molecule has 0 aliphatic rings. The summed E-state index contributed by atoms with van der Waals surface area (Å²) in [5.74, 6) is 0.985. The van der Waals surface area contributed by atoms with Gasteiger partial charge in [0.05, 0.1) is 18.7 Å². The number of thiophene rings is 1. The molecule has 21 heavy (non-hydrogen) atoms. The SMILES string of the molecule is COc1ccc(NC(N)=NCc2ccc(C)s2)cc1Cl.I. The minimum atomic E-state index is 0. The summed E-state index contributed by atoms with van der Waals surface area (Å²) in [6.07, 6.45) is 0.